The Morgan fingerprint density at radius 1 is 0.886 bits per heavy atom. The molecule has 1 aromatic carbocycles. The molecule has 0 amide bonds. The van der Waals surface area contributed by atoms with E-state index in [1.165, 1.54) is 39.3 Å². The summed E-state index contributed by atoms with van der Waals surface area (Å²) >= 11 is 5.88. The van der Waals surface area contributed by atoms with Crippen molar-refractivity contribution in [2.75, 3.05) is 0 Å². The van der Waals surface area contributed by atoms with Crippen molar-refractivity contribution in [1.82, 2.24) is 24.8 Å². The lowest BCUT2D eigenvalue weighted by molar-refractivity contribution is 0.307. The Morgan fingerprint density at radius 3 is 2.20 bits per heavy atom. The van der Waals surface area contributed by atoms with Crippen molar-refractivity contribution >= 4 is 17.3 Å². The zero-order valence-electron chi connectivity index (χ0n) is 20.9. The van der Waals surface area contributed by atoms with E-state index in [1.54, 1.807) is 0 Å². The average molecular weight is 482 g/mol. The molecule has 5 rings (SSSR count). The van der Waals surface area contributed by atoms with Crippen molar-refractivity contribution in [2.45, 2.75) is 53.2 Å². The van der Waals surface area contributed by atoms with Crippen LogP contribution in [-0.2, 0) is 6.54 Å². The predicted molar refractivity (Wildman–Crippen MR) is 145 cm³/mol. The van der Waals surface area contributed by atoms with Crippen LogP contribution in [0.25, 0.3) is 5.69 Å². The minimum atomic E-state index is -0.0541. The van der Waals surface area contributed by atoms with Crippen molar-refractivity contribution in [3.05, 3.63) is 112 Å². The van der Waals surface area contributed by atoms with Crippen molar-refractivity contribution in [2.24, 2.45) is 0 Å². The van der Waals surface area contributed by atoms with Crippen LogP contribution >= 0.6 is 12.2 Å². The molecule has 1 N–H and O–H groups in total. The first kappa shape index (κ1) is 23.2. The van der Waals surface area contributed by atoms with E-state index in [9.17, 15) is 0 Å². The van der Waals surface area contributed by atoms with E-state index in [0.29, 0.717) is 6.54 Å². The van der Waals surface area contributed by atoms with Crippen LogP contribution in [0, 0.1) is 34.6 Å². The minimum Gasteiger partial charge on any atom is -0.352 e. The summed E-state index contributed by atoms with van der Waals surface area (Å²) in [5.74, 6) is 0. The molecule has 5 nitrogen and oxygen atoms in total. The normalized spacial score (nSPS) is 17.6. The summed E-state index contributed by atoms with van der Waals surface area (Å²) in [6.07, 6.45) is 3.68. The number of nitrogens with zero attached hydrogens (tertiary/aromatic N) is 4. The maximum atomic E-state index is 5.88. The molecule has 4 aromatic rings. The number of thiocarbonyl (C=S) groups is 1. The van der Waals surface area contributed by atoms with Crippen molar-refractivity contribution in [3.63, 3.8) is 0 Å². The van der Waals surface area contributed by atoms with Crippen LogP contribution in [0.4, 0.5) is 0 Å². The zero-order valence-corrected chi connectivity index (χ0v) is 21.7. The Bertz CT molecular complexity index is 1350. The van der Waals surface area contributed by atoms with E-state index in [0.717, 1.165) is 16.5 Å². The van der Waals surface area contributed by atoms with Crippen LogP contribution in [-0.4, -0.2) is 24.5 Å². The highest BCUT2D eigenvalue weighted by atomic mass is 32.1. The first-order valence-corrected chi connectivity index (χ1v) is 12.4. The lowest BCUT2D eigenvalue weighted by Gasteiger charge is -2.28. The summed E-state index contributed by atoms with van der Waals surface area (Å²) in [6.45, 7) is 11.6. The lowest BCUT2D eigenvalue weighted by atomic mass is 9.96. The van der Waals surface area contributed by atoms with Gasteiger partial charge >= 0.3 is 0 Å². The van der Waals surface area contributed by atoms with Gasteiger partial charge in [0.15, 0.2) is 5.11 Å². The van der Waals surface area contributed by atoms with Gasteiger partial charge in [0.25, 0.3) is 0 Å². The molecule has 3 aromatic heterocycles. The van der Waals surface area contributed by atoms with Crippen molar-refractivity contribution in [1.29, 1.82) is 0 Å². The smallest absolute Gasteiger partial charge is 0.170 e. The molecule has 0 aliphatic carbocycles. The summed E-state index contributed by atoms with van der Waals surface area (Å²) in [6, 6.07) is 18.9. The average Bonchev–Trinajstić information content (AvgIpc) is 3.30. The fourth-order valence-corrected chi connectivity index (χ4v) is 5.84. The third-order valence-corrected chi connectivity index (χ3v) is 7.26. The highest BCUT2D eigenvalue weighted by molar-refractivity contribution is 7.80. The van der Waals surface area contributed by atoms with E-state index < -0.39 is 0 Å². The number of benzene rings is 1. The Morgan fingerprint density at radius 2 is 1.57 bits per heavy atom. The molecule has 0 bridgehead atoms. The summed E-state index contributed by atoms with van der Waals surface area (Å²) < 4.78 is 2.40. The maximum Gasteiger partial charge on any atom is 0.170 e. The Balaban J connectivity index is 1.65. The molecule has 0 saturated carbocycles. The molecule has 0 unspecified atom stereocenters. The van der Waals surface area contributed by atoms with Crippen molar-refractivity contribution in [3.8, 4) is 5.69 Å². The van der Waals surface area contributed by atoms with Crippen LogP contribution in [0.3, 0.4) is 0 Å². The Hall–Kier alpha value is -3.51. The molecule has 6 heteroatoms. The number of aromatic nitrogens is 3. The zero-order chi connectivity index (χ0) is 24.7. The quantitative estimate of drug-likeness (QED) is 0.355. The number of hydrogen-bond acceptors (Lipinski definition) is 3. The van der Waals surface area contributed by atoms with Crippen molar-refractivity contribution < 1.29 is 0 Å². The molecule has 2 atom stereocenters. The molecule has 0 spiro atoms. The molecule has 1 fully saturated rings. The maximum absolute atomic E-state index is 5.88. The molecular weight excluding hydrogens is 450 g/mol. The second kappa shape index (κ2) is 9.27. The highest BCUT2D eigenvalue weighted by Gasteiger charge is 2.41. The topological polar surface area (TPSA) is 46.0 Å². The van der Waals surface area contributed by atoms with Crippen LogP contribution in [0.15, 0.2) is 67.0 Å². The second-order valence-electron chi connectivity index (χ2n) is 9.48. The summed E-state index contributed by atoms with van der Waals surface area (Å²) in [5, 5.41) is 4.30. The molecule has 1 aliphatic heterocycles. The van der Waals surface area contributed by atoms with E-state index >= 15 is 0 Å². The molecular formula is C29H31N5S. The molecule has 0 radical (unpaired) electrons. The third-order valence-electron chi connectivity index (χ3n) is 6.90. The molecule has 1 aliphatic rings. The number of nitrogens with one attached hydrogen (secondary N) is 1. The van der Waals surface area contributed by atoms with Gasteiger partial charge in [0, 0.05) is 23.8 Å². The Labute approximate surface area is 212 Å². The molecule has 4 heterocycles. The summed E-state index contributed by atoms with van der Waals surface area (Å²) in [4.78, 5) is 11.5. The van der Waals surface area contributed by atoms with Gasteiger partial charge in [-0.15, -0.1) is 0 Å². The number of aryl methyl sites for hydroxylation is 4. The molecule has 35 heavy (non-hydrogen) atoms. The highest BCUT2D eigenvalue weighted by Crippen LogP contribution is 2.42. The van der Waals surface area contributed by atoms with Crippen LogP contribution in [0.5, 0.6) is 0 Å². The standard InChI is InChI=1S/C29H31N5S/c1-18-14-19(2)27(20(3)15-18)34-21(4)16-24(22(34)5)28-26(25-11-7-9-13-31-25)32-29(35)33(28)17-23-10-6-8-12-30-23/h6-16,26,28H,17H2,1-5H3,(H,32,35)/t26-,28+/m0/s1. The first-order chi connectivity index (χ1) is 16.8. The SMILES string of the molecule is Cc1cc(C)c(-n2c(C)cc([C@@H]3[C@H](c4ccccn4)NC(=S)N3Cc3ccccn3)c2C)c(C)c1. The van der Waals surface area contributed by atoms with Crippen LogP contribution in [0.1, 0.15) is 57.1 Å². The number of pyridine rings is 2. The van der Waals surface area contributed by atoms with Gasteiger partial charge < -0.3 is 14.8 Å². The van der Waals surface area contributed by atoms with Gasteiger partial charge in [0.2, 0.25) is 0 Å². The van der Waals surface area contributed by atoms with E-state index in [1.807, 2.05) is 36.7 Å². The lowest BCUT2D eigenvalue weighted by Crippen LogP contribution is -2.29. The fraction of sp³-hybridized carbons (Fsp3) is 0.276. The van der Waals surface area contributed by atoms with Gasteiger partial charge in [-0.25, -0.2) is 0 Å². The molecule has 178 valence electrons. The molecule has 1 saturated heterocycles. The second-order valence-corrected chi connectivity index (χ2v) is 9.87. The van der Waals surface area contributed by atoms with Crippen LogP contribution in [0.2, 0.25) is 0 Å². The monoisotopic (exact) mass is 481 g/mol. The fourth-order valence-electron chi connectivity index (χ4n) is 5.54. The third kappa shape index (κ3) is 4.23. The van der Waals surface area contributed by atoms with Crippen LogP contribution < -0.4 is 5.32 Å². The Kier molecular flexibility index (Phi) is 6.15. The minimum absolute atomic E-state index is 0.00887. The van der Waals surface area contributed by atoms with E-state index in [2.05, 4.69) is 84.7 Å². The number of hydrogen-bond donors (Lipinski definition) is 1. The van der Waals surface area contributed by atoms with Gasteiger partial charge in [-0.05, 0) is 93.9 Å². The van der Waals surface area contributed by atoms with Gasteiger partial charge in [0.1, 0.15) is 0 Å². The summed E-state index contributed by atoms with van der Waals surface area (Å²) in [7, 11) is 0. The summed E-state index contributed by atoms with van der Waals surface area (Å²) in [5.41, 5.74) is 10.8. The largest absolute Gasteiger partial charge is 0.352 e. The number of rotatable bonds is 5. The van der Waals surface area contributed by atoms with E-state index in [4.69, 9.17) is 17.2 Å². The van der Waals surface area contributed by atoms with Gasteiger partial charge in [-0.1, -0.05) is 29.8 Å². The van der Waals surface area contributed by atoms with Gasteiger partial charge in [-0.3, -0.25) is 9.97 Å². The first-order valence-electron chi connectivity index (χ1n) is 12.0. The van der Waals surface area contributed by atoms with Gasteiger partial charge in [0.05, 0.1) is 35.7 Å². The van der Waals surface area contributed by atoms with Gasteiger partial charge in [-0.2, -0.15) is 0 Å². The predicted octanol–water partition coefficient (Wildman–Crippen LogP) is 5.98. The van der Waals surface area contributed by atoms with E-state index in [-0.39, 0.29) is 12.1 Å².